The molecule has 6 heteroatoms. The Balaban J connectivity index is 0.00000324. The van der Waals surface area contributed by atoms with Gasteiger partial charge in [0.15, 0.2) is 5.96 Å². The predicted molar refractivity (Wildman–Crippen MR) is 94.7 cm³/mol. The lowest BCUT2D eigenvalue weighted by atomic mass is 10.2. The van der Waals surface area contributed by atoms with E-state index in [1.54, 1.807) is 11.3 Å². The second-order valence-electron chi connectivity index (χ2n) is 4.76. The number of guanidine groups is 1. The third-order valence-corrected chi connectivity index (χ3v) is 3.62. The van der Waals surface area contributed by atoms with Crippen LogP contribution >= 0.6 is 35.3 Å². The summed E-state index contributed by atoms with van der Waals surface area (Å²) in [7, 11) is 0. The van der Waals surface area contributed by atoms with Crippen molar-refractivity contribution in [2.24, 2.45) is 16.6 Å². The minimum atomic E-state index is 0. The zero-order valence-corrected chi connectivity index (χ0v) is 15.3. The number of nitrogens with one attached hydrogen (secondary N) is 1. The highest BCUT2D eigenvalue weighted by atomic mass is 127. The lowest BCUT2D eigenvalue weighted by Gasteiger charge is -2.05. The Bertz CT molecular complexity index is 401. The van der Waals surface area contributed by atoms with E-state index in [0.29, 0.717) is 11.9 Å². The van der Waals surface area contributed by atoms with Crippen LogP contribution in [0.4, 0.5) is 0 Å². The van der Waals surface area contributed by atoms with Gasteiger partial charge in [0, 0.05) is 24.4 Å². The van der Waals surface area contributed by atoms with Crippen LogP contribution < -0.4 is 11.1 Å². The fourth-order valence-corrected chi connectivity index (χ4v) is 2.58. The second-order valence-corrected chi connectivity index (χ2v) is 6.05. The van der Waals surface area contributed by atoms with Gasteiger partial charge in [0.25, 0.3) is 0 Å². The molecule has 0 aliphatic rings. The van der Waals surface area contributed by atoms with E-state index in [9.17, 15) is 0 Å². The summed E-state index contributed by atoms with van der Waals surface area (Å²) in [4.78, 5) is 10.2. The largest absolute Gasteiger partial charge is 0.370 e. The first kappa shape index (κ1) is 18.6. The molecule has 19 heavy (non-hydrogen) atoms. The van der Waals surface area contributed by atoms with Crippen LogP contribution in [-0.2, 0) is 12.8 Å². The molecule has 4 nitrogen and oxygen atoms in total. The number of hydrogen-bond donors (Lipinski definition) is 2. The quantitative estimate of drug-likeness (QED) is 0.442. The molecule has 1 rings (SSSR count). The molecule has 1 aromatic heterocycles. The first-order valence-electron chi connectivity index (χ1n) is 6.51. The van der Waals surface area contributed by atoms with Gasteiger partial charge < -0.3 is 11.1 Å². The standard InChI is InChI=1S/C13H24N4S.HI/c1-5-11-10(4)18-12(17-11)6-7-15-13(14)16-8-9(2)3;/h9H,5-8H2,1-4H3,(H3,14,15,16);1H. The van der Waals surface area contributed by atoms with Crippen molar-refractivity contribution in [1.82, 2.24) is 10.3 Å². The number of halogens is 1. The summed E-state index contributed by atoms with van der Waals surface area (Å²) in [6.07, 6.45) is 1.91. The third kappa shape index (κ3) is 7.10. The fraction of sp³-hybridized carbons (Fsp3) is 0.692. The summed E-state index contributed by atoms with van der Waals surface area (Å²) in [5.74, 6) is 1.08. The smallest absolute Gasteiger partial charge is 0.188 e. The van der Waals surface area contributed by atoms with E-state index in [2.05, 4.69) is 43.0 Å². The maximum atomic E-state index is 5.77. The Labute approximate surface area is 137 Å². The number of aryl methyl sites for hydroxylation is 2. The zero-order chi connectivity index (χ0) is 13.5. The highest BCUT2D eigenvalue weighted by Gasteiger charge is 2.05. The molecule has 0 saturated carbocycles. The topological polar surface area (TPSA) is 63.3 Å². The summed E-state index contributed by atoms with van der Waals surface area (Å²) in [5, 5.41) is 4.30. The summed E-state index contributed by atoms with van der Waals surface area (Å²) in [6, 6.07) is 0. The van der Waals surface area contributed by atoms with E-state index in [1.165, 1.54) is 15.6 Å². The van der Waals surface area contributed by atoms with Crippen molar-refractivity contribution < 1.29 is 0 Å². The number of rotatable bonds is 6. The van der Waals surface area contributed by atoms with Crippen LogP contribution in [0.1, 0.15) is 36.3 Å². The van der Waals surface area contributed by atoms with E-state index < -0.39 is 0 Å². The van der Waals surface area contributed by atoms with Gasteiger partial charge in [-0.1, -0.05) is 20.8 Å². The molecule has 3 N–H and O–H groups in total. The molecule has 0 radical (unpaired) electrons. The molecule has 0 aliphatic carbocycles. The van der Waals surface area contributed by atoms with Gasteiger partial charge in [0.2, 0.25) is 0 Å². The van der Waals surface area contributed by atoms with Gasteiger partial charge in [-0.3, -0.25) is 4.99 Å². The number of aliphatic imine (C=N–C) groups is 1. The van der Waals surface area contributed by atoms with Crippen molar-refractivity contribution in [3.8, 4) is 0 Å². The average Bonchev–Trinajstić information content (AvgIpc) is 2.67. The molecular formula is C13H25IN4S. The molecule has 0 aromatic carbocycles. The number of aromatic nitrogens is 1. The van der Waals surface area contributed by atoms with Gasteiger partial charge in [0.05, 0.1) is 10.7 Å². The fourth-order valence-electron chi connectivity index (χ4n) is 1.56. The van der Waals surface area contributed by atoms with E-state index in [4.69, 9.17) is 5.73 Å². The highest BCUT2D eigenvalue weighted by molar-refractivity contribution is 14.0. The zero-order valence-electron chi connectivity index (χ0n) is 12.2. The van der Waals surface area contributed by atoms with Crippen molar-refractivity contribution >= 4 is 41.3 Å². The minimum absolute atomic E-state index is 0. The van der Waals surface area contributed by atoms with Gasteiger partial charge in [-0.2, -0.15) is 0 Å². The number of nitrogens with zero attached hydrogens (tertiary/aromatic N) is 2. The molecule has 1 aromatic rings. The molecule has 0 fully saturated rings. The molecule has 110 valence electrons. The second kappa shape index (κ2) is 9.52. The molecule has 0 bridgehead atoms. The minimum Gasteiger partial charge on any atom is -0.370 e. The first-order valence-corrected chi connectivity index (χ1v) is 7.33. The number of hydrogen-bond acceptors (Lipinski definition) is 3. The Kier molecular flexibility index (Phi) is 9.34. The van der Waals surface area contributed by atoms with Crippen LogP contribution in [0.25, 0.3) is 0 Å². The maximum absolute atomic E-state index is 5.77. The van der Waals surface area contributed by atoms with Crippen LogP contribution in [0.15, 0.2) is 4.99 Å². The monoisotopic (exact) mass is 396 g/mol. The van der Waals surface area contributed by atoms with Crippen LogP contribution in [0.3, 0.4) is 0 Å². The Morgan fingerprint density at radius 3 is 2.68 bits per heavy atom. The SMILES string of the molecule is CCc1nc(CCNC(N)=NCC(C)C)sc1C.I. The van der Waals surface area contributed by atoms with Crippen LogP contribution in [-0.4, -0.2) is 24.0 Å². The van der Waals surface area contributed by atoms with Gasteiger partial charge in [-0.25, -0.2) is 4.98 Å². The lowest BCUT2D eigenvalue weighted by Crippen LogP contribution is -2.33. The maximum Gasteiger partial charge on any atom is 0.188 e. The van der Waals surface area contributed by atoms with Gasteiger partial charge in [-0.15, -0.1) is 35.3 Å². The molecule has 0 saturated heterocycles. The van der Waals surface area contributed by atoms with E-state index in [-0.39, 0.29) is 24.0 Å². The molecular weight excluding hydrogens is 371 g/mol. The van der Waals surface area contributed by atoms with Gasteiger partial charge >= 0.3 is 0 Å². The normalized spacial score (nSPS) is 11.5. The third-order valence-electron chi connectivity index (χ3n) is 2.54. The summed E-state index contributed by atoms with van der Waals surface area (Å²) in [5.41, 5.74) is 6.99. The summed E-state index contributed by atoms with van der Waals surface area (Å²) >= 11 is 1.78. The van der Waals surface area contributed by atoms with Crippen LogP contribution in [0.2, 0.25) is 0 Å². The Morgan fingerprint density at radius 1 is 1.47 bits per heavy atom. The first-order chi connectivity index (χ1) is 8.52. The van der Waals surface area contributed by atoms with Gasteiger partial charge in [-0.05, 0) is 19.3 Å². The molecule has 0 spiro atoms. The summed E-state index contributed by atoms with van der Waals surface area (Å²) in [6.45, 7) is 10.1. The van der Waals surface area contributed by atoms with Crippen molar-refractivity contribution in [3.63, 3.8) is 0 Å². The average molecular weight is 396 g/mol. The molecule has 0 atom stereocenters. The van der Waals surface area contributed by atoms with E-state index in [0.717, 1.165) is 25.9 Å². The highest BCUT2D eigenvalue weighted by Crippen LogP contribution is 2.17. The summed E-state index contributed by atoms with van der Waals surface area (Å²) < 4.78 is 0. The number of thiazole rings is 1. The Hall–Kier alpha value is -0.370. The van der Waals surface area contributed by atoms with Crippen molar-refractivity contribution in [2.45, 2.75) is 40.5 Å². The van der Waals surface area contributed by atoms with Crippen LogP contribution in [0, 0.1) is 12.8 Å². The molecule has 0 unspecified atom stereocenters. The lowest BCUT2D eigenvalue weighted by molar-refractivity contribution is 0.661. The molecule has 0 amide bonds. The van der Waals surface area contributed by atoms with Gasteiger partial charge in [0.1, 0.15) is 0 Å². The van der Waals surface area contributed by atoms with E-state index in [1.807, 2.05) is 0 Å². The molecule has 0 aliphatic heterocycles. The Morgan fingerprint density at radius 2 is 2.16 bits per heavy atom. The van der Waals surface area contributed by atoms with Crippen molar-refractivity contribution in [3.05, 3.63) is 15.6 Å². The number of nitrogens with two attached hydrogens (primary N) is 1. The van der Waals surface area contributed by atoms with Crippen LogP contribution in [0.5, 0.6) is 0 Å². The van der Waals surface area contributed by atoms with Crippen molar-refractivity contribution in [1.29, 1.82) is 0 Å². The predicted octanol–water partition coefficient (Wildman–Crippen LogP) is 2.73. The molecule has 1 heterocycles. The van der Waals surface area contributed by atoms with E-state index >= 15 is 0 Å². The van der Waals surface area contributed by atoms with Crippen molar-refractivity contribution in [2.75, 3.05) is 13.1 Å².